The molecule has 1 saturated carbocycles. The van der Waals surface area contributed by atoms with Gasteiger partial charge in [-0.25, -0.2) is 8.78 Å². The van der Waals surface area contributed by atoms with Gasteiger partial charge in [-0.05, 0) is 25.3 Å². The average molecular weight is 210 g/mol. The zero-order valence-corrected chi connectivity index (χ0v) is 8.97. The molecule has 0 aliphatic heterocycles. The summed E-state index contributed by atoms with van der Waals surface area (Å²) in [7, 11) is 0. The molecular formula is C13H16F2. The van der Waals surface area contributed by atoms with E-state index in [4.69, 9.17) is 0 Å². The van der Waals surface area contributed by atoms with Crippen LogP contribution in [0.25, 0.3) is 0 Å². The molecule has 0 heterocycles. The molecule has 1 aromatic carbocycles. The van der Waals surface area contributed by atoms with Crippen molar-refractivity contribution in [2.45, 2.75) is 44.4 Å². The van der Waals surface area contributed by atoms with Crippen LogP contribution in [0.1, 0.15) is 36.8 Å². The third kappa shape index (κ3) is 1.77. The Kier molecular flexibility index (Phi) is 2.76. The second-order valence-electron chi connectivity index (χ2n) is 4.53. The fourth-order valence-electron chi connectivity index (χ4n) is 2.59. The maximum absolute atomic E-state index is 13.2. The molecule has 0 spiro atoms. The van der Waals surface area contributed by atoms with Crippen LogP contribution in [0.3, 0.4) is 0 Å². The second kappa shape index (κ2) is 3.92. The first kappa shape index (κ1) is 10.6. The topological polar surface area (TPSA) is 0 Å². The predicted octanol–water partition coefficient (Wildman–Crippen LogP) is 4.07. The minimum absolute atomic E-state index is 0.633. The third-order valence-electron chi connectivity index (χ3n) is 3.51. The Morgan fingerprint density at radius 3 is 2.40 bits per heavy atom. The molecule has 0 saturated heterocycles. The third-order valence-corrected chi connectivity index (χ3v) is 3.51. The van der Waals surface area contributed by atoms with Gasteiger partial charge in [0.1, 0.15) is 0 Å². The summed E-state index contributed by atoms with van der Waals surface area (Å²) in [4.78, 5) is 0. The lowest BCUT2D eigenvalue weighted by atomic mass is 9.79. The van der Waals surface area contributed by atoms with Crippen LogP contribution in [-0.2, 0) is 5.41 Å². The zero-order chi connectivity index (χ0) is 10.9. The van der Waals surface area contributed by atoms with E-state index >= 15 is 0 Å². The van der Waals surface area contributed by atoms with Crippen molar-refractivity contribution >= 4 is 0 Å². The molecule has 1 aliphatic carbocycles. The van der Waals surface area contributed by atoms with E-state index in [1.54, 1.807) is 0 Å². The molecule has 0 amide bonds. The first-order valence-electron chi connectivity index (χ1n) is 5.50. The van der Waals surface area contributed by atoms with Crippen molar-refractivity contribution in [2.24, 2.45) is 0 Å². The lowest BCUT2D eigenvalue weighted by molar-refractivity contribution is 0.0521. The fourth-order valence-corrected chi connectivity index (χ4v) is 2.59. The SMILES string of the molecule is Cc1cccc(C2(C(F)F)CCCC2)c1. The van der Waals surface area contributed by atoms with E-state index in [1.165, 1.54) is 0 Å². The average Bonchev–Trinajstić information content (AvgIpc) is 2.67. The Labute approximate surface area is 89.3 Å². The summed E-state index contributed by atoms with van der Waals surface area (Å²) in [5.74, 6) is 0. The van der Waals surface area contributed by atoms with Gasteiger partial charge in [0.05, 0.1) is 5.41 Å². The zero-order valence-electron chi connectivity index (χ0n) is 8.97. The molecule has 0 atom stereocenters. The van der Waals surface area contributed by atoms with Crippen LogP contribution < -0.4 is 0 Å². The second-order valence-corrected chi connectivity index (χ2v) is 4.53. The van der Waals surface area contributed by atoms with Crippen molar-refractivity contribution in [1.82, 2.24) is 0 Å². The summed E-state index contributed by atoms with van der Waals surface area (Å²) >= 11 is 0. The van der Waals surface area contributed by atoms with Crippen molar-refractivity contribution in [1.29, 1.82) is 0 Å². The quantitative estimate of drug-likeness (QED) is 0.690. The molecule has 2 heteroatoms. The van der Waals surface area contributed by atoms with Crippen molar-refractivity contribution in [2.75, 3.05) is 0 Å². The lowest BCUT2D eigenvalue weighted by Gasteiger charge is -2.28. The lowest BCUT2D eigenvalue weighted by Crippen LogP contribution is -2.31. The van der Waals surface area contributed by atoms with Crippen molar-refractivity contribution < 1.29 is 8.78 Å². The summed E-state index contributed by atoms with van der Waals surface area (Å²) in [5, 5.41) is 0. The van der Waals surface area contributed by atoms with Crippen molar-refractivity contribution in [3.63, 3.8) is 0 Å². The molecule has 1 fully saturated rings. The Balaban J connectivity index is 2.41. The van der Waals surface area contributed by atoms with E-state index in [9.17, 15) is 8.78 Å². The van der Waals surface area contributed by atoms with Crippen LogP contribution in [0.15, 0.2) is 24.3 Å². The Morgan fingerprint density at radius 1 is 1.20 bits per heavy atom. The van der Waals surface area contributed by atoms with Gasteiger partial charge in [-0.15, -0.1) is 0 Å². The van der Waals surface area contributed by atoms with Gasteiger partial charge < -0.3 is 0 Å². The Morgan fingerprint density at radius 2 is 1.87 bits per heavy atom. The summed E-state index contributed by atoms with van der Waals surface area (Å²) < 4.78 is 26.4. The Hall–Kier alpha value is -0.920. The highest BCUT2D eigenvalue weighted by atomic mass is 19.3. The van der Waals surface area contributed by atoms with Gasteiger partial charge in [-0.2, -0.15) is 0 Å². The minimum atomic E-state index is -2.23. The molecular weight excluding hydrogens is 194 g/mol. The molecule has 0 unspecified atom stereocenters. The van der Waals surface area contributed by atoms with Gasteiger partial charge in [0.2, 0.25) is 6.43 Å². The number of halogens is 2. The molecule has 82 valence electrons. The number of alkyl halides is 2. The molecule has 2 rings (SSSR count). The van der Waals surface area contributed by atoms with Crippen LogP contribution in [0.4, 0.5) is 8.78 Å². The van der Waals surface area contributed by atoms with E-state index in [0.717, 1.165) is 24.0 Å². The molecule has 0 nitrogen and oxygen atoms in total. The summed E-state index contributed by atoms with van der Waals surface area (Å²) in [6.07, 6.45) is 0.889. The number of rotatable bonds is 2. The van der Waals surface area contributed by atoms with Gasteiger partial charge in [0, 0.05) is 0 Å². The molecule has 1 aliphatic rings. The largest absolute Gasteiger partial charge is 0.248 e. The maximum atomic E-state index is 13.2. The molecule has 15 heavy (non-hydrogen) atoms. The maximum Gasteiger partial charge on any atom is 0.248 e. The van der Waals surface area contributed by atoms with E-state index in [2.05, 4.69) is 0 Å². The normalized spacial score (nSPS) is 19.7. The number of aryl methyl sites for hydroxylation is 1. The molecule has 1 aromatic rings. The van der Waals surface area contributed by atoms with E-state index in [1.807, 2.05) is 31.2 Å². The summed E-state index contributed by atoms with van der Waals surface area (Å²) in [6.45, 7) is 1.96. The number of hydrogen-bond donors (Lipinski definition) is 0. The summed E-state index contributed by atoms with van der Waals surface area (Å²) in [5.41, 5.74) is 1.04. The van der Waals surface area contributed by atoms with Crippen LogP contribution in [0.2, 0.25) is 0 Å². The summed E-state index contributed by atoms with van der Waals surface area (Å²) in [6, 6.07) is 7.60. The van der Waals surface area contributed by atoms with E-state index < -0.39 is 11.8 Å². The standard InChI is InChI=1S/C13H16F2/c1-10-5-4-6-11(9-10)13(12(14)15)7-2-3-8-13/h4-6,9,12H,2-3,7-8H2,1H3. The highest BCUT2D eigenvalue weighted by molar-refractivity contribution is 5.31. The molecule has 0 aromatic heterocycles. The predicted molar refractivity (Wildman–Crippen MR) is 57.3 cm³/mol. The van der Waals surface area contributed by atoms with Crippen molar-refractivity contribution in [3.05, 3.63) is 35.4 Å². The first-order chi connectivity index (χ1) is 7.15. The molecule has 0 bridgehead atoms. The van der Waals surface area contributed by atoms with Crippen LogP contribution in [0.5, 0.6) is 0 Å². The van der Waals surface area contributed by atoms with Gasteiger partial charge >= 0.3 is 0 Å². The molecule has 0 radical (unpaired) electrons. The fraction of sp³-hybridized carbons (Fsp3) is 0.538. The Bertz CT molecular complexity index is 338. The van der Waals surface area contributed by atoms with E-state index in [0.29, 0.717) is 12.8 Å². The van der Waals surface area contributed by atoms with Gasteiger partial charge in [0.15, 0.2) is 0 Å². The van der Waals surface area contributed by atoms with Crippen molar-refractivity contribution in [3.8, 4) is 0 Å². The monoisotopic (exact) mass is 210 g/mol. The van der Waals surface area contributed by atoms with Gasteiger partial charge in [0.25, 0.3) is 0 Å². The number of hydrogen-bond acceptors (Lipinski definition) is 0. The highest BCUT2D eigenvalue weighted by Crippen LogP contribution is 2.45. The first-order valence-corrected chi connectivity index (χ1v) is 5.50. The smallest absolute Gasteiger partial charge is 0.210 e. The molecule has 0 N–H and O–H groups in total. The number of benzene rings is 1. The van der Waals surface area contributed by atoms with E-state index in [-0.39, 0.29) is 0 Å². The van der Waals surface area contributed by atoms with Gasteiger partial charge in [-0.1, -0.05) is 42.7 Å². The highest BCUT2D eigenvalue weighted by Gasteiger charge is 2.43. The minimum Gasteiger partial charge on any atom is -0.210 e. The van der Waals surface area contributed by atoms with Crippen LogP contribution >= 0.6 is 0 Å². The van der Waals surface area contributed by atoms with Gasteiger partial charge in [-0.3, -0.25) is 0 Å². The van der Waals surface area contributed by atoms with Crippen LogP contribution in [-0.4, -0.2) is 6.43 Å². The van der Waals surface area contributed by atoms with Crippen LogP contribution in [0, 0.1) is 6.92 Å².